The molecule has 7 nitrogen and oxygen atoms in total. The third-order valence-electron chi connectivity index (χ3n) is 4.76. The lowest BCUT2D eigenvalue weighted by molar-refractivity contribution is 0.0991. The molecule has 1 amide bonds. The fourth-order valence-electron chi connectivity index (χ4n) is 3.13. The largest absolute Gasteiger partial charge is 0.497 e. The summed E-state index contributed by atoms with van der Waals surface area (Å²) < 4.78 is 12.1. The third kappa shape index (κ3) is 4.13. The standard InChI is InChI=1S/C23H14ClN3O4S2/c1-30-14-6-7-16-19(10-14)33-23(26-16)27(22(29)18-8-9-20(24)32-18)25-11-13-12-31-17-5-3-2-4-15(17)21(13)28/h2-12H,1H3/b25-11+. The number of nitrogens with zero attached hydrogens (tertiary/aromatic N) is 3. The zero-order chi connectivity index (χ0) is 22.9. The van der Waals surface area contributed by atoms with Crippen molar-refractivity contribution in [2.45, 2.75) is 0 Å². The third-order valence-corrected chi connectivity index (χ3v) is 6.97. The monoisotopic (exact) mass is 495 g/mol. The van der Waals surface area contributed by atoms with Crippen LogP contribution in [0.25, 0.3) is 21.2 Å². The first-order valence-electron chi connectivity index (χ1n) is 9.62. The fraction of sp³-hybridized carbons (Fsp3) is 0.0435. The van der Waals surface area contributed by atoms with Crippen LogP contribution in [-0.2, 0) is 0 Å². The van der Waals surface area contributed by atoms with E-state index in [1.165, 1.54) is 23.8 Å². The Bertz CT molecular complexity index is 1590. The molecule has 0 saturated heterocycles. The number of hydrogen-bond acceptors (Lipinski definition) is 8. The number of thiazole rings is 1. The Hall–Kier alpha value is -3.53. The van der Waals surface area contributed by atoms with E-state index in [-0.39, 0.29) is 11.0 Å². The summed E-state index contributed by atoms with van der Waals surface area (Å²) in [6.45, 7) is 0. The van der Waals surface area contributed by atoms with Crippen LogP contribution in [0, 0.1) is 0 Å². The molecule has 0 spiro atoms. The normalized spacial score (nSPS) is 11.5. The van der Waals surface area contributed by atoms with Crippen LogP contribution in [0.3, 0.4) is 0 Å². The van der Waals surface area contributed by atoms with Gasteiger partial charge >= 0.3 is 0 Å². The number of fused-ring (bicyclic) bond motifs is 2. The minimum Gasteiger partial charge on any atom is -0.497 e. The molecule has 0 atom stereocenters. The average molecular weight is 496 g/mol. The van der Waals surface area contributed by atoms with E-state index >= 15 is 0 Å². The number of carbonyl (C=O) groups excluding carboxylic acids is 1. The van der Waals surface area contributed by atoms with Gasteiger partial charge in [-0.2, -0.15) is 10.1 Å². The Morgan fingerprint density at radius 2 is 2.03 bits per heavy atom. The fourth-order valence-corrected chi connectivity index (χ4v) is 5.05. The molecule has 0 N–H and O–H groups in total. The van der Waals surface area contributed by atoms with Gasteiger partial charge < -0.3 is 9.15 Å². The van der Waals surface area contributed by atoms with E-state index in [9.17, 15) is 9.59 Å². The summed E-state index contributed by atoms with van der Waals surface area (Å²) in [7, 11) is 1.58. The van der Waals surface area contributed by atoms with Crippen molar-refractivity contribution in [3.63, 3.8) is 0 Å². The lowest BCUT2D eigenvalue weighted by Crippen LogP contribution is -2.25. The molecule has 0 unspecified atom stereocenters. The molecule has 5 aromatic rings. The van der Waals surface area contributed by atoms with Gasteiger partial charge in [-0.3, -0.25) is 9.59 Å². The smallest absolute Gasteiger partial charge is 0.290 e. The lowest BCUT2D eigenvalue weighted by Gasteiger charge is -2.12. The van der Waals surface area contributed by atoms with Gasteiger partial charge in [-0.15, -0.1) is 11.3 Å². The summed E-state index contributed by atoms with van der Waals surface area (Å²) in [5, 5.41) is 6.26. The molecular weight excluding hydrogens is 482 g/mol. The first kappa shape index (κ1) is 21.3. The maximum Gasteiger partial charge on any atom is 0.290 e. The van der Waals surface area contributed by atoms with E-state index < -0.39 is 5.91 Å². The molecule has 2 aromatic carbocycles. The minimum absolute atomic E-state index is 0.207. The van der Waals surface area contributed by atoms with Gasteiger partial charge in [-0.1, -0.05) is 35.1 Å². The number of hydrogen-bond donors (Lipinski definition) is 0. The predicted molar refractivity (Wildman–Crippen MR) is 132 cm³/mol. The highest BCUT2D eigenvalue weighted by atomic mass is 35.5. The number of aromatic nitrogens is 1. The zero-order valence-corrected chi connectivity index (χ0v) is 19.4. The van der Waals surface area contributed by atoms with Crippen molar-refractivity contribution >= 4 is 72.7 Å². The summed E-state index contributed by atoms with van der Waals surface area (Å²) in [4.78, 5) is 31.1. The second-order valence-corrected chi connectivity index (χ2v) is 9.54. The SMILES string of the molecule is COc1ccc2nc(N(/N=C/c3coc4ccccc4c3=O)C(=O)c3ccc(Cl)s3)sc2c1. The van der Waals surface area contributed by atoms with Crippen molar-refractivity contribution < 1.29 is 13.9 Å². The molecule has 10 heteroatoms. The number of benzene rings is 2. The van der Waals surface area contributed by atoms with Gasteiger partial charge in [-0.25, -0.2) is 4.98 Å². The van der Waals surface area contributed by atoms with Gasteiger partial charge in [0, 0.05) is 0 Å². The highest BCUT2D eigenvalue weighted by Crippen LogP contribution is 2.33. The van der Waals surface area contributed by atoms with Gasteiger partial charge in [0.15, 0.2) is 0 Å². The second kappa shape index (κ2) is 8.78. The maximum atomic E-state index is 13.3. The molecule has 0 aliphatic heterocycles. The van der Waals surface area contributed by atoms with Crippen molar-refractivity contribution in [1.82, 2.24) is 4.98 Å². The zero-order valence-electron chi connectivity index (χ0n) is 17.0. The molecular formula is C23H14ClN3O4S2. The first-order valence-corrected chi connectivity index (χ1v) is 11.6. The van der Waals surface area contributed by atoms with Crippen molar-refractivity contribution in [2.24, 2.45) is 5.10 Å². The van der Waals surface area contributed by atoms with E-state index in [2.05, 4.69) is 10.1 Å². The number of rotatable bonds is 5. The number of halogens is 1. The number of anilines is 1. The first-order chi connectivity index (χ1) is 16.0. The topological polar surface area (TPSA) is 85.0 Å². The number of ether oxygens (including phenoxy) is 1. The van der Waals surface area contributed by atoms with Gasteiger partial charge in [-0.05, 0) is 42.5 Å². The molecule has 0 bridgehead atoms. The molecule has 164 valence electrons. The molecule has 3 heterocycles. The van der Waals surface area contributed by atoms with Crippen LogP contribution in [0.4, 0.5) is 5.13 Å². The number of methoxy groups -OCH3 is 1. The Labute approximate surface area is 200 Å². The van der Waals surface area contributed by atoms with Crippen LogP contribution in [0.1, 0.15) is 15.2 Å². The van der Waals surface area contributed by atoms with Gasteiger partial charge in [0.2, 0.25) is 10.6 Å². The maximum absolute atomic E-state index is 13.3. The molecule has 5 rings (SSSR count). The minimum atomic E-state index is -0.417. The van der Waals surface area contributed by atoms with Crippen LogP contribution in [-0.4, -0.2) is 24.2 Å². The second-order valence-electron chi connectivity index (χ2n) is 6.81. The molecule has 3 aromatic heterocycles. The Balaban J connectivity index is 1.59. The Morgan fingerprint density at radius 3 is 2.82 bits per heavy atom. The van der Waals surface area contributed by atoms with E-state index in [1.54, 1.807) is 55.6 Å². The highest BCUT2D eigenvalue weighted by Gasteiger charge is 2.23. The number of carbonyl (C=O) groups is 1. The highest BCUT2D eigenvalue weighted by molar-refractivity contribution is 7.22. The average Bonchev–Trinajstić information content (AvgIpc) is 3.46. The van der Waals surface area contributed by atoms with Gasteiger partial charge in [0.05, 0.1) is 43.7 Å². The van der Waals surface area contributed by atoms with Crippen LogP contribution in [0.5, 0.6) is 5.75 Å². The van der Waals surface area contributed by atoms with Crippen molar-refractivity contribution in [1.29, 1.82) is 0 Å². The van der Waals surface area contributed by atoms with E-state index in [0.717, 1.165) is 21.0 Å². The quantitative estimate of drug-likeness (QED) is 0.227. The summed E-state index contributed by atoms with van der Waals surface area (Å²) in [5.41, 5.74) is 1.12. The number of para-hydroxylation sites is 1. The predicted octanol–water partition coefficient (Wildman–Crippen LogP) is 5.81. The summed E-state index contributed by atoms with van der Waals surface area (Å²) in [6.07, 6.45) is 2.63. The molecule has 0 aliphatic rings. The summed E-state index contributed by atoms with van der Waals surface area (Å²) in [6, 6.07) is 15.6. The Kier molecular flexibility index (Phi) is 5.67. The molecule has 33 heavy (non-hydrogen) atoms. The molecule has 0 fully saturated rings. The van der Waals surface area contributed by atoms with Gasteiger partial charge in [0.1, 0.15) is 17.6 Å². The van der Waals surface area contributed by atoms with Crippen LogP contribution < -0.4 is 15.2 Å². The number of hydrazone groups is 1. The molecule has 0 saturated carbocycles. The number of thiophene rings is 1. The van der Waals surface area contributed by atoms with Crippen molar-refractivity contribution in [3.8, 4) is 5.75 Å². The van der Waals surface area contributed by atoms with Crippen LogP contribution >= 0.6 is 34.3 Å². The van der Waals surface area contributed by atoms with Crippen molar-refractivity contribution in [2.75, 3.05) is 12.1 Å². The van der Waals surface area contributed by atoms with E-state index in [0.29, 0.717) is 36.6 Å². The Morgan fingerprint density at radius 1 is 1.18 bits per heavy atom. The van der Waals surface area contributed by atoms with E-state index in [4.69, 9.17) is 20.8 Å². The summed E-state index contributed by atoms with van der Waals surface area (Å²) >= 11 is 8.44. The van der Waals surface area contributed by atoms with E-state index in [1.807, 2.05) is 6.07 Å². The van der Waals surface area contributed by atoms with Crippen LogP contribution in [0.2, 0.25) is 4.34 Å². The van der Waals surface area contributed by atoms with Crippen LogP contribution in [0.15, 0.2) is 75.2 Å². The number of amides is 1. The van der Waals surface area contributed by atoms with Gasteiger partial charge in [0.25, 0.3) is 5.91 Å². The summed E-state index contributed by atoms with van der Waals surface area (Å²) in [5.74, 6) is 0.261. The van der Waals surface area contributed by atoms with Crippen molar-refractivity contribution in [3.05, 3.63) is 85.9 Å². The molecule has 0 aliphatic carbocycles. The molecule has 0 radical (unpaired) electrons. The lowest BCUT2D eigenvalue weighted by atomic mass is 10.2.